The summed E-state index contributed by atoms with van der Waals surface area (Å²) in [5, 5.41) is 11.5. The van der Waals surface area contributed by atoms with Gasteiger partial charge in [0, 0.05) is 11.6 Å². The Kier molecular flexibility index (Phi) is 6.80. The van der Waals surface area contributed by atoms with Crippen LogP contribution in [0.25, 0.3) is 10.9 Å². The van der Waals surface area contributed by atoms with Gasteiger partial charge in [-0.3, -0.25) is 9.69 Å². The fourth-order valence-corrected chi connectivity index (χ4v) is 3.15. The van der Waals surface area contributed by atoms with Crippen molar-refractivity contribution in [3.05, 3.63) is 75.3 Å². The molecule has 2 atom stereocenters. The van der Waals surface area contributed by atoms with Crippen LogP contribution in [0.3, 0.4) is 0 Å². The summed E-state index contributed by atoms with van der Waals surface area (Å²) in [5.74, 6) is 0.564. The third kappa shape index (κ3) is 5.39. The topological polar surface area (TPSA) is 78.5 Å². The van der Waals surface area contributed by atoms with Crippen molar-refractivity contribution in [1.29, 1.82) is 0 Å². The lowest BCUT2D eigenvalue weighted by molar-refractivity contribution is -0.0140. The summed E-state index contributed by atoms with van der Waals surface area (Å²) < 4.78 is 5.76. The predicted octanol–water partition coefficient (Wildman–Crippen LogP) is 3.15. The zero-order chi connectivity index (χ0) is 20.1. The van der Waals surface area contributed by atoms with E-state index in [4.69, 9.17) is 16.3 Å². The predicted molar refractivity (Wildman–Crippen MR) is 111 cm³/mol. The number of hydrogen-bond donors (Lipinski definition) is 2. The van der Waals surface area contributed by atoms with Gasteiger partial charge in [0.25, 0.3) is 5.56 Å². The van der Waals surface area contributed by atoms with Gasteiger partial charge in [-0.25, -0.2) is 4.98 Å². The van der Waals surface area contributed by atoms with E-state index in [1.807, 2.05) is 61.3 Å². The summed E-state index contributed by atoms with van der Waals surface area (Å²) in [6, 6.07) is 14.7. The molecule has 0 saturated carbocycles. The fourth-order valence-electron chi connectivity index (χ4n) is 3.03. The van der Waals surface area contributed by atoms with Crippen LogP contribution < -0.4 is 5.56 Å². The van der Waals surface area contributed by atoms with Gasteiger partial charge in [0.05, 0.1) is 36.3 Å². The van der Waals surface area contributed by atoms with E-state index in [0.717, 1.165) is 5.56 Å². The Labute approximate surface area is 168 Å². The Morgan fingerprint density at radius 3 is 2.68 bits per heavy atom. The molecule has 148 valence electrons. The largest absolute Gasteiger partial charge is 0.389 e. The Morgan fingerprint density at radius 2 is 1.93 bits per heavy atom. The summed E-state index contributed by atoms with van der Waals surface area (Å²) in [6.07, 6.45) is -0.803. The monoisotopic (exact) mass is 401 g/mol. The molecule has 0 unspecified atom stereocenters. The van der Waals surface area contributed by atoms with Gasteiger partial charge in [-0.05, 0) is 43.8 Å². The van der Waals surface area contributed by atoms with Gasteiger partial charge in [0.15, 0.2) is 0 Å². The van der Waals surface area contributed by atoms with Gasteiger partial charge in [0.2, 0.25) is 0 Å². The maximum atomic E-state index is 12.1. The number of ether oxygens (including phenoxy) is 1. The van der Waals surface area contributed by atoms with Crippen LogP contribution in [-0.4, -0.2) is 46.3 Å². The van der Waals surface area contributed by atoms with Crippen LogP contribution in [0.4, 0.5) is 0 Å². The Hall–Kier alpha value is -2.25. The molecule has 0 aliphatic heterocycles. The van der Waals surface area contributed by atoms with E-state index in [0.29, 0.717) is 34.8 Å². The molecule has 0 aliphatic rings. The van der Waals surface area contributed by atoms with E-state index in [9.17, 15) is 9.90 Å². The molecule has 0 bridgehead atoms. The van der Waals surface area contributed by atoms with Gasteiger partial charge in [0.1, 0.15) is 5.82 Å². The van der Waals surface area contributed by atoms with Gasteiger partial charge in [-0.15, -0.1) is 0 Å². The molecule has 28 heavy (non-hydrogen) atoms. The number of benzene rings is 2. The quantitative estimate of drug-likeness (QED) is 0.606. The SMILES string of the molecule is C[C@@H](OC[C@@H](O)CN(C)Cc1nc2ccccc2c(=O)[nH]1)c1ccc(Cl)cc1. The van der Waals surface area contributed by atoms with E-state index in [1.165, 1.54) is 0 Å². The van der Waals surface area contributed by atoms with Crippen molar-refractivity contribution in [2.45, 2.75) is 25.7 Å². The molecule has 0 fully saturated rings. The van der Waals surface area contributed by atoms with Gasteiger partial charge >= 0.3 is 0 Å². The molecular formula is C21H24ClN3O3. The fraction of sp³-hybridized carbons (Fsp3) is 0.333. The van der Waals surface area contributed by atoms with Crippen LogP contribution in [0.1, 0.15) is 24.4 Å². The number of aromatic nitrogens is 2. The second-order valence-electron chi connectivity index (χ2n) is 6.91. The van der Waals surface area contributed by atoms with E-state index in [2.05, 4.69) is 9.97 Å². The zero-order valence-electron chi connectivity index (χ0n) is 15.9. The molecule has 2 aromatic carbocycles. The van der Waals surface area contributed by atoms with Crippen LogP contribution in [-0.2, 0) is 11.3 Å². The van der Waals surface area contributed by atoms with Crippen LogP contribution in [0, 0.1) is 0 Å². The number of aromatic amines is 1. The molecule has 1 aromatic heterocycles. The highest BCUT2D eigenvalue weighted by molar-refractivity contribution is 6.30. The number of nitrogens with one attached hydrogen (secondary N) is 1. The molecule has 3 aromatic rings. The lowest BCUT2D eigenvalue weighted by Crippen LogP contribution is -2.33. The van der Waals surface area contributed by atoms with Gasteiger partial charge in [-0.2, -0.15) is 0 Å². The third-order valence-corrected chi connectivity index (χ3v) is 4.73. The molecular weight excluding hydrogens is 378 g/mol. The Morgan fingerprint density at radius 1 is 1.21 bits per heavy atom. The summed E-state index contributed by atoms with van der Waals surface area (Å²) in [5.41, 5.74) is 1.51. The maximum Gasteiger partial charge on any atom is 0.258 e. The molecule has 0 aliphatic carbocycles. The normalized spacial score (nSPS) is 13.8. The Bertz CT molecular complexity index is 975. The highest BCUT2D eigenvalue weighted by atomic mass is 35.5. The van der Waals surface area contributed by atoms with Crippen LogP contribution >= 0.6 is 11.6 Å². The van der Waals surface area contributed by atoms with Crippen LogP contribution in [0.15, 0.2) is 53.3 Å². The lowest BCUT2D eigenvalue weighted by Gasteiger charge is -2.22. The van der Waals surface area contributed by atoms with Gasteiger partial charge < -0.3 is 14.8 Å². The summed E-state index contributed by atoms with van der Waals surface area (Å²) in [4.78, 5) is 21.3. The number of nitrogens with zero attached hydrogens (tertiary/aromatic N) is 2. The van der Waals surface area contributed by atoms with Crippen LogP contribution in [0.2, 0.25) is 5.02 Å². The number of aliphatic hydroxyl groups excluding tert-OH is 1. The number of H-pyrrole nitrogens is 1. The maximum absolute atomic E-state index is 12.1. The second-order valence-corrected chi connectivity index (χ2v) is 7.34. The van der Waals surface area contributed by atoms with Crippen molar-refractivity contribution in [3.63, 3.8) is 0 Å². The molecule has 0 saturated heterocycles. The van der Waals surface area contributed by atoms with E-state index < -0.39 is 6.10 Å². The first-order valence-electron chi connectivity index (χ1n) is 9.14. The highest BCUT2D eigenvalue weighted by Gasteiger charge is 2.13. The zero-order valence-corrected chi connectivity index (χ0v) is 16.7. The first-order valence-corrected chi connectivity index (χ1v) is 9.52. The number of para-hydroxylation sites is 1. The number of halogens is 1. The average Bonchev–Trinajstić information content (AvgIpc) is 2.66. The van der Waals surface area contributed by atoms with Crippen molar-refractivity contribution in [2.75, 3.05) is 20.2 Å². The molecule has 3 rings (SSSR count). The minimum absolute atomic E-state index is 0.143. The van der Waals surface area contributed by atoms with E-state index >= 15 is 0 Å². The number of rotatable bonds is 8. The van der Waals surface area contributed by atoms with Crippen molar-refractivity contribution in [2.24, 2.45) is 0 Å². The first kappa shape index (κ1) is 20.5. The molecule has 1 heterocycles. The summed E-state index contributed by atoms with van der Waals surface area (Å²) >= 11 is 5.90. The van der Waals surface area contributed by atoms with Gasteiger partial charge in [-0.1, -0.05) is 35.9 Å². The smallest absolute Gasteiger partial charge is 0.258 e. The van der Waals surface area contributed by atoms with Crippen LogP contribution in [0.5, 0.6) is 0 Å². The van der Waals surface area contributed by atoms with E-state index in [1.54, 1.807) is 6.07 Å². The number of likely N-dealkylation sites (N-methyl/N-ethyl adjacent to an activating group) is 1. The molecule has 0 radical (unpaired) electrons. The molecule has 2 N–H and O–H groups in total. The average molecular weight is 402 g/mol. The lowest BCUT2D eigenvalue weighted by atomic mass is 10.1. The van der Waals surface area contributed by atoms with Crippen molar-refractivity contribution >= 4 is 22.5 Å². The van der Waals surface area contributed by atoms with Crippen molar-refractivity contribution in [1.82, 2.24) is 14.9 Å². The number of fused-ring (bicyclic) bond motifs is 1. The van der Waals surface area contributed by atoms with E-state index in [-0.39, 0.29) is 18.3 Å². The minimum Gasteiger partial charge on any atom is -0.389 e. The summed E-state index contributed by atoms with van der Waals surface area (Å²) in [6.45, 7) is 2.95. The standard InChI is InChI=1S/C21H24ClN3O3/c1-14(15-7-9-16(22)10-8-15)28-13-17(26)11-25(2)12-20-23-19-6-4-3-5-18(19)21(27)24-20/h3-10,14,17,26H,11-13H2,1-2H3,(H,23,24,27)/t14-,17+/m1/s1. The number of hydrogen-bond acceptors (Lipinski definition) is 5. The first-order chi connectivity index (χ1) is 13.4. The second kappa shape index (κ2) is 9.30. The number of aliphatic hydroxyl groups is 1. The summed E-state index contributed by atoms with van der Waals surface area (Å²) in [7, 11) is 1.86. The molecule has 6 nitrogen and oxygen atoms in total. The van der Waals surface area contributed by atoms with Crippen molar-refractivity contribution < 1.29 is 9.84 Å². The molecule has 0 spiro atoms. The molecule has 0 amide bonds. The molecule has 7 heteroatoms. The minimum atomic E-state index is -0.660. The van der Waals surface area contributed by atoms with Crippen molar-refractivity contribution in [3.8, 4) is 0 Å². The Balaban J connectivity index is 1.52. The highest BCUT2D eigenvalue weighted by Crippen LogP contribution is 2.19. The third-order valence-electron chi connectivity index (χ3n) is 4.48.